The SMILES string of the molecule is CCN(CC)CCCN1C(=O)C(O)=C(C(=O)c2cc3cccc(OC)c3o2)C1c1cccc(O)c1. The van der Waals surface area contributed by atoms with Crippen LogP contribution in [0.3, 0.4) is 0 Å². The summed E-state index contributed by atoms with van der Waals surface area (Å²) in [5, 5.41) is 21.6. The molecule has 3 aromatic rings. The van der Waals surface area contributed by atoms with E-state index in [1.165, 1.54) is 24.1 Å². The quantitative estimate of drug-likeness (QED) is 0.415. The van der Waals surface area contributed by atoms with Crippen molar-refractivity contribution < 1.29 is 29.0 Å². The van der Waals surface area contributed by atoms with Gasteiger partial charge in [0, 0.05) is 11.9 Å². The number of rotatable bonds is 10. The summed E-state index contributed by atoms with van der Waals surface area (Å²) in [5.74, 6) is -1.33. The van der Waals surface area contributed by atoms with Gasteiger partial charge in [-0.3, -0.25) is 9.59 Å². The maximum atomic E-state index is 13.7. The molecule has 1 aliphatic heterocycles. The van der Waals surface area contributed by atoms with Crippen molar-refractivity contribution in [3.63, 3.8) is 0 Å². The third-order valence-corrected chi connectivity index (χ3v) is 6.45. The number of carbonyl (C=O) groups excluding carboxylic acids is 2. The zero-order valence-electron chi connectivity index (χ0n) is 20.2. The number of aliphatic hydroxyl groups excluding tert-OH is 1. The number of phenols is 1. The van der Waals surface area contributed by atoms with E-state index < -0.39 is 23.5 Å². The maximum absolute atomic E-state index is 13.7. The lowest BCUT2D eigenvalue weighted by Gasteiger charge is -2.28. The molecule has 0 saturated carbocycles. The van der Waals surface area contributed by atoms with E-state index in [0.717, 1.165) is 19.6 Å². The average molecular weight is 479 g/mol. The fourth-order valence-electron chi connectivity index (χ4n) is 4.60. The molecule has 1 aromatic heterocycles. The molecule has 8 nitrogen and oxygen atoms in total. The van der Waals surface area contributed by atoms with Gasteiger partial charge in [-0.05, 0) is 55.9 Å². The van der Waals surface area contributed by atoms with E-state index in [2.05, 4.69) is 18.7 Å². The van der Waals surface area contributed by atoms with Gasteiger partial charge < -0.3 is 29.2 Å². The molecule has 1 unspecified atom stereocenters. The molecule has 0 fully saturated rings. The van der Waals surface area contributed by atoms with Gasteiger partial charge in [-0.25, -0.2) is 0 Å². The van der Waals surface area contributed by atoms with Gasteiger partial charge in [0.25, 0.3) is 5.91 Å². The van der Waals surface area contributed by atoms with E-state index in [9.17, 15) is 19.8 Å². The van der Waals surface area contributed by atoms with Crippen LogP contribution in [0.2, 0.25) is 0 Å². The summed E-state index contributed by atoms with van der Waals surface area (Å²) < 4.78 is 11.2. The Morgan fingerprint density at radius 2 is 1.86 bits per heavy atom. The van der Waals surface area contributed by atoms with Crippen LogP contribution in [0.25, 0.3) is 11.0 Å². The molecule has 1 atom stereocenters. The smallest absolute Gasteiger partial charge is 0.290 e. The number of hydrogen-bond donors (Lipinski definition) is 2. The number of furan rings is 1. The lowest BCUT2D eigenvalue weighted by atomic mass is 9.94. The first-order valence-electron chi connectivity index (χ1n) is 11.8. The molecule has 0 saturated heterocycles. The number of methoxy groups -OCH3 is 1. The molecule has 2 heterocycles. The Labute approximate surface area is 204 Å². The second kappa shape index (κ2) is 10.2. The fraction of sp³-hybridized carbons (Fsp3) is 0.333. The number of ether oxygens (including phenoxy) is 1. The van der Waals surface area contributed by atoms with Crippen molar-refractivity contribution in [1.29, 1.82) is 0 Å². The number of aromatic hydroxyl groups is 1. The molecule has 1 aliphatic rings. The van der Waals surface area contributed by atoms with E-state index in [0.29, 0.717) is 35.2 Å². The highest BCUT2D eigenvalue weighted by Crippen LogP contribution is 2.41. The molecule has 2 N–H and O–H groups in total. The molecule has 0 radical (unpaired) electrons. The van der Waals surface area contributed by atoms with Crippen LogP contribution < -0.4 is 4.74 Å². The number of hydrogen-bond acceptors (Lipinski definition) is 7. The minimum atomic E-state index is -0.853. The van der Waals surface area contributed by atoms with Crippen molar-refractivity contribution in [2.45, 2.75) is 26.3 Å². The first-order valence-corrected chi connectivity index (χ1v) is 11.8. The number of para-hydroxylation sites is 1. The molecule has 0 aliphatic carbocycles. The van der Waals surface area contributed by atoms with Crippen LogP contribution in [0, 0.1) is 0 Å². The Bertz CT molecular complexity index is 1270. The van der Waals surface area contributed by atoms with Gasteiger partial charge in [0.15, 0.2) is 22.9 Å². The van der Waals surface area contributed by atoms with E-state index in [-0.39, 0.29) is 17.1 Å². The van der Waals surface area contributed by atoms with Gasteiger partial charge in [-0.2, -0.15) is 0 Å². The average Bonchev–Trinajstić information content (AvgIpc) is 3.41. The zero-order chi connectivity index (χ0) is 25.1. The predicted octanol–water partition coefficient (Wildman–Crippen LogP) is 4.46. The minimum Gasteiger partial charge on any atom is -0.508 e. The van der Waals surface area contributed by atoms with Crippen LogP contribution in [0.5, 0.6) is 11.5 Å². The van der Waals surface area contributed by atoms with Gasteiger partial charge in [-0.15, -0.1) is 0 Å². The molecule has 0 spiro atoms. The first-order chi connectivity index (χ1) is 16.9. The topological polar surface area (TPSA) is 103 Å². The van der Waals surface area contributed by atoms with Crippen molar-refractivity contribution in [2.75, 3.05) is 33.3 Å². The monoisotopic (exact) mass is 478 g/mol. The number of ketones is 1. The fourth-order valence-corrected chi connectivity index (χ4v) is 4.60. The first kappa shape index (κ1) is 24.3. The molecule has 4 rings (SSSR count). The number of nitrogens with zero attached hydrogens (tertiary/aromatic N) is 2. The largest absolute Gasteiger partial charge is 0.508 e. The van der Waals surface area contributed by atoms with Gasteiger partial charge in [0.05, 0.1) is 18.7 Å². The molecule has 8 heteroatoms. The Kier molecular flexibility index (Phi) is 7.12. The minimum absolute atomic E-state index is 0.00435. The second-order valence-electron chi connectivity index (χ2n) is 8.46. The van der Waals surface area contributed by atoms with E-state index in [4.69, 9.17) is 9.15 Å². The predicted molar refractivity (Wildman–Crippen MR) is 132 cm³/mol. The van der Waals surface area contributed by atoms with E-state index in [1.54, 1.807) is 36.4 Å². The third-order valence-electron chi connectivity index (χ3n) is 6.45. The van der Waals surface area contributed by atoms with Crippen LogP contribution in [0.4, 0.5) is 0 Å². The highest BCUT2D eigenvalue weighted by atomic mass is 16.5. The molecular formula is C27H30N2O6. The van der Waals surface area contributed by atoms with Crippen molar-refractivity contribution >= 4 is 22.7 Å². The highest BCUT2D eigenvalue weighted by molar-refractivity contribution is 6.16. The lowest BCUT2D eigenvalue weighted by Crippen LogP contribution is -2.34. The highest BCUT2D eigenvalue weighted by Gasteiger charge is 2.44. The van der Waals surface area contributed by atoms with Crippen LogP contribution in [-0.2, 0) is 4.79 Å². The van der Waals surface area contributed by atoms with Crippen LogP contribution in [0.15, 0.2) is 64.3 Å². The number of Topliss-reactive ketones (excluding diaryl/α,β-unsaturated/α-hetero) is 1. The summed E-state index contributed by atoms with van der Waals surface area (Å²) in [6.45, 7) is 7.05. The molecule has 1 amide bonds. The Morgan fingerprint density at radius 1 is 1.11 bits per heavy atom. The number of amides is 1. The van der Waals surface area contributed by atoms with Crippen molar-refractivity contribution in [1.82, 2.24) is 9.80 Å². The van der Waals surface area contributed by atoms with Gasteiger partial charge in [0.1, 0.15) is 5.75 Å². The summed E-state index contributed by atoms with van der Waals surface area (Å²) in [7, 11) is 1.51. The van der Waals surface area contributed by atoms with Gasteiger partial charge in [-0.1, -0.05) is 38.1 Å². The summed E-state index contributed by atoms with van der Waals surface area (Å²) in [6.07, 6.45) is 0.666. The molecular weight excluding hydrogens is 448 g/mol. The standard InChI is InChI=1S/C27H30N2O6/c1-4-28(5-2)13-8-14-29-23(17-9-6-11-19(30)15-17)22(25(32)27(29)33)24(31)21-16-18-10-7-12-20(34-3)26(18)35-21/h6-7,9-12,15-16,23,30,32H,4-5,8,13-14H2,1-3H3. The second-order valence-corrected chi connectivity index (χ2v) is 8.46. The lowest BCUT2D eigenvalue weighted by molar-refractivity contribution is -0.129. The number of aliphatic hydroxyl groups is 1. The number of carbonyl (C=O) groups is 2. The number of benzene rings is 2. The normalized spacial score (nSPS) is 16.1. The Balaban J connectivity index is 1.72. The van der Waals surface area contributed by atoms with Gasteiger partial charge >= 0.3 is 0 Å². The summed E-state index contributed by atoms with van der Waals surface area (Å²) in [4.78, 5) is 30.5. The molecule has 0 bridgehead atoms. The number of fused-ring (bicyclic) bond motifs is 1. The van der Waals surface area contributed by atoms with Gasteiger partial charge in [0.2, 0.25) is 5.78 Å². The zero-order valence-corrected chi connectivity index (χ0v) is 20.2. The maximum Gasteiger partial charge on any atom is 0.290 e. The summed E-state index contributed by atoms with van der Waals surface area (Å²) in [5.41, 5.74) is 0.872. The van der Waals surface area contributed by atoms with Crippen LogP contribution in [0.1, 0.15) is 42.4 Å². The van der Waals surface area contributed by atoms with Crippen LogP contribution in [-0.4, -0.2) is 65.0 Å². The van der Waals surface area contributed by atoms with E-state index in [1.807, 2.05) is 0 Å². The van der Waals surface area contributed by atoms with Crippen molar-refractivity contribution in [3.05, 3.63) is 71.2 Å². The summed E-state index contributed by atoms with van der Waals surface area (Å²) in [6, 6.07) is 12.4. The molecule has 35 heavy (non-hydrogen) atoms. The third kappa shape index (κ3) is 4.61. The molecule has 2 aromatic carbocycles. The summed E-state index contributed by atoms with van der Waals surface area (Å²) >= 11 is 0. The Hall–Kier alpha value is -3.78. The Morgan fingerprint density at radius 3 is 2.54 bits per heavy atom. The molecule has 184 valence electrons. The van der Waals surface area contributed by atoms with Crippen molar-refractivity contribution in [2.24, 2.45) is 0 Å². The van der Waals surface area contributed by atoms with Crippen molar-refractivity contribution in [3.8, 4) is 11.5 Å². The van der Waals surface area contributed by atoms with E-state index >= 15 is 0 Å². The van der Waals surface area contributed by atoms with Crippen LogP contribution >= 0.6 is 0 Å². The number of phenolic OH excluding ortho intramolecular Hbond substituents is 1.